The molecule has 0 amide bonds. The van der Waals surface area contributed by atoms with E-state index in [4.69, 9.17) is 5.73 Å². The first-order chi connectivity index (χ1) is 14.2. The van der Waals surface area contributed by atoms with Gasteiger partial charge in [0.1, 0.15) is 0 Å². The standard InChI is InChI=1S/C22H19N7/c1-15(16-5-3-2-4-6-16)29-14-20(13-25-29)19-9-18(11-24-12-19)17-7-8-28-21(10-17)26-22(23)27-28/h2-15H,1H3,(H2,23,27). The summed E-state index contributed by atoms with van der Waals surface area (Å²) in [6.45, 7) is 2.14. The highest BCUT2D eigenvalue weighted by molar-refractivity contribution is 5.73. The van der Waals surface area contributed by atoms with Crippen LogP contribution in [0.2, 0.25) is 0 Å². The smallest absolute Gasteiger partial charge is 0.240 e. The Bertz CT molecular complexity index is 1290. The van der Waals surface area contributed by atoms with E-state index in [1.165, 1.54) is 5.56 Å². The molecule has 5 aromatic rings. The summed E-state index contributed by atoms with van der Waals surface area (Å²) in [5.74, 6) is 0.258. The zero-order valence-corrected chi connectivity index (χ0v) is 15.8. The van der Waals surface area contributed by atoms with Gasteiger partial charge in [-0.25, -0.2) is 4.52 Å². The third-order valence-electron chi connectivity index (χ3n) is 5.04. The van der Waals surface area contributed by atoms with E-state index in [0.29, 0.717) is 5.65 Å². The van der Waals surface area contributed by atoms with E-state index in [2.05, 4.69) is 51.5 Å². The molecule has 2 N–H and O–H groups in total. The van der Waals surface area contributed by atoms with Gasteiger partial charge < -0.3 is 5.73 Å². The van der Waals surface area contributed by atoms with Gasteiger partial charge in [-0.2, -0.15) is 10.1 Å². The molecule has 142 valence electrons. The number of hydrogen-bond acceptors (Lipinski definition) is 5. The van der Waals surface area contributed by atoms with Gasteiger partial charge in [-0.1, -0.05) is 30.3 Å². The molecule has 0 spiro atoms. The van der Waals surface area contributed by atoms with Gasteiger partial charge >= 0.3 is 0 Å². The van der Waals surface area contributed by atoms with Crippen molar-refractivity contribution in [3.05, 3.63) is 85.1 Å². The van der Waals surface area contributed by atoms with Crippen LogP contribution in [0.4, 0.5) is 5.95 Å². The van der Waals surface area contributed by atoms with E-state index >= 15 is 0 Å². The number of nitrogens with zero attached hydrogens (tertiary/aromatic N) is 6. The third-order valence-corrected chi connectivity index (χ3v) is 5.04. The van der Waals surface area contributed by atoms with E-state index in [-0.39, 0.29) is 12.0 Å². The molecule has 0 aliphatic heterocycles. The van der Waals surface area contributed by atoms with Crippen LogP contribution in [0.25, 0.3) is 27.9 Å². The Morgan fingerprint density at radius 3 is 2.52 bits per heavy atom. The van der Waals surface area contributed by atoms with Crippen molar-refractivity contribution in [3.63, 3.8) is 0 Å². The van der Waals surface area contributed by atoms with E-state index in [9.17, 15) is 0 Å². The van der Waals surface area contributed by atoms with Gasteiger partial charge in [0, 0.05) is 41.5 Å². The highest BCUT2D eigenvalue weighted by Gasteiger charge is 2.11. The molecule has 4 heterocycles. The van der Waals surface area contributed by atoms with Crippen LogP contribution in [0.3, 0.4) is 0 Å². The molecule has 7 nitrogen and oxygen atoms in total. The van der Waals surface area contributed by atoms with Crippen LogP contribution in [0.1, 0.15) is 18.5 Å². The number of fused-ring (bicyclic) bond motifs is 1. The minimum Gasteiger partial charge on any atom is -0.366 e. The Balaban J connectivity index is 1.47. The van der Waals surface area contributed by atoms with Gasteiger partial charge in [0.15, 0.2) is 5.65 Å². The first kappa shape index (κ1) is 17.1. The van der Waals surface area contributed by atoms with Crippen molar-refractivity contribution in [2.45, 2.75) is 13.0 Å². The molecule has 0 aliphatic rings. The fraction of sp³-hybridized carbons (Fsp3) is 0.0909. The monoisotopic (exact) mass is 381 g/mol. The minimum absolute atomic E-state index is 0.155. The van der Waals surface area contributed by atoms with Gasteiger partial charge in [0.2, 0.25) is 5.95 Å². The number of nitrogen functional groups attached to an aromatic ring is 1. The fourth-order valence-electron chi connectivity index (χ4n) is 3.42. The first-order valence-electron chi connectivity index (χ1n) is 9.34. The molecule has 5 rings (SSSR count). The largest absolute Gasteiger partial charge is 0.366 e. The van der Waals surface area contributed by atoms with Crippen molar-refractivity contribution in [3.8, 4) is 22.3 Å². The molecule has 7 heteroatoms. The molecular weight excluding hydrogens is 362 g/mol. The summed E-state index contributed by atoms with van der Waals surface area (Å²) in [7, 11) is 0. The lowest BCUT2D eigenvalue weighted by atomic mass is 10.0. The summed E-state index contributed by atoms with van der Waals surface area (Å²) < 4.78 is 3.63. The van der Waals surface area contributed by atoms with Crippen LogP contribution in [-0.4, -0.2) is 29.4 Å². The van der Waals surface area contributed by atoms with Gasteiger partial charge in [-0.05, 0) is 36.2 Å². The van der Waals surface area contributed by atoms with Crippen molar-refractivity contribution in [2.75, 3.05) is 5.73 Å². The van der Waals surface area contributed by atoms with Crippen LogP contribution in [0.15, 0.2) is 79.5 Å². The van der Waals surface area contributed by atoms with Crippen LogP contribution >= 0.6 is 0 Å². The average molecular weight is 381 g/mol. The molecule has 4 aromatic heterocycles. The second-order valence-electron chi connectivity index (χ2n) is 6.95. The maximum atomic E-state index is 5.68. The van der Waals surface area contributed by atoms with Crippen molar-refractivity contribution < 1.29 is 0 Å². The zero-order valence-electron chi connectivity index (χ0n) is 15.8. The van der Waals surface area contributed by atoms with E-state index in [1.807, 2.05) is 59.8 Å². The number of pyridine rings is 2. The molecule has 0 saturated carbocycles. The number of anilines is 1. The predicted molar refractivity (Wildman–Crippen MR) is 112 cm³/mol. The third kappa shape index (κ3) is 3.23. The SMILES string of the molecule is CC(c1ccccc1)n1cc(-c2cncc(-c3ccn4nc(N)nc4c3)c2)cn1. The molecule has 0 fully saturated rings. The molecule has 1 aromatic carbocycles. The van der Waals surface area contributed by atoms with Crippen LogP contribution in [0.5, 0.6) is 0 Å². The van der Waals surface area contributed by atoms with Gasteiger partial charge in [-0.15, -0.1) is 5.10 Å². The normalized spacial score (nSPS) is 12.3. The molecule has 1 atom stereocenters. The number of rotatable bonds is 4. The van der Waals surface area contributed by atoms with Gasteiger partial charge in [-0.3, -0.25) is 9.67 Å². The molecular formula is C22H19N7. The molecule has 0 radical (unpaired) electrons. The predicted octanol–water partition coefficient (Wildman–Crippen LogP) is 3.85. The summed E-state index contributed by atoms with van der Waals surface area (Å²) in [6.07, 6.45) is 9.47. The quantitative estimate of drug-likeness (QED) is 0.511. The van der Waals surface area contributed by atoms with Crippen molar-refractivity contribution in [1.29, 1.82) is 0 Å². The maximum Gasteiger partial charge on any atom is 0.240 e. The second-order valence-corrected chi connectivity index (χ2v) is 6.95. The summed E-state index contributed by atoms with van der Waals surface area (Å²) in [5, 5.41) is 8.68. The Hall–Kier alpha value is -4.00. The highest BCUT2D eigenvalue weighted by atomic mass is 15.3. The lowest BCUT2D eigenvalue weighted by Crippen LogP contribution is -2.06. The Morgan fingerprint density at radius 2 is 1.69 bits per heavy atom. The number of benzene rings is 1. The maximum absolute atomic E-state index is 5.68. The molecule has 0 aliphatic carbocycles. The first-order valence-corrected chi connectivity index (χ1v) is 9.34. The van der Waals surface area contributed by atoms with Crippen molar-refractivity contribution in [1.82, 2.24) is 29.4 Å². The fourth-order valence-corrected chi connectivity index (χ4v) is 3.42. The number of hydrogen-bond donors (Lipinski definition) is 1. The summed E-state index contributed by atoms with van der Waals surface area (Å²) in [5.41, 5.74) is 11.6. The van der Waals surface area contributed by atoms with E-state index in [1.54, 1.807) is 4.52 Å². The van der Waals surface area contributed by atoms with Gasteiger partial charge in [0.25, 0.3) is 0 Å². The lowest BCUT2D eigenvalue weighted by Gasteiger charge is -2.12. The van der Waals surface area contributed by atoms with E-state index < -0.39 is 0 Å². The van der Waals surface area contributed by atoms with Crippen molar-refractivity contribution in [2.24, 2.45) is 0 Å². The summed E-state index contributed by atoms with van der Waals surface area (Å²) in [6, 6.07) is 16.5. The van der Waals surface area contributed by atoms with Crippen LogP contribution in [-0.2, 0) is 0 Å². The van der Waals surface area contributed by atoms with E-state index in [0.717, 1.165) is 22.3 Å². The van der Waals surface area contributed by atoms with Gasteiger partial charge in [0.05, 0.1) is 12.2 Å². The number of nitrogens with two attached hydrogens (primary N) is 1. The van der Waals surface area contributed by atoms with Crippen LogP contribution < -0.4 is 5.73 Å². The Kier molecular flexibility index (Phi) is 4.05. The Labute approximate surface area is 167 Å². The second kappa shape index (κ2) is 6.87. The molecule has 0 saturated heterocycles. The molecule has 29 heavy (non-hydrogen) atoms. The molecule has 1 unspecified atom stereocenters. The molecule has 0 bridgehead atoms. The minimum atomic E-state index is 0.155. The highest BCUT2D eigenvalue weighted by Crippen LogP contribution is 2.27. The van der Waals surface area contributed by atoms with Crippen LogP contribution in [0, 0.1) is 0 Å². The topological polar surface area (TPSA) is 86.9 Å². The summed E-state index contributed by atoms with van der Waals surface area (Å²) >= 11 is 0. The van der Waals surface area contributed by atoms with Crippen molar-refractivity contribution >= 4 is 11.6 Å². The summed E-state index contributed by atoms with van der Waals surface area (Å²) in [4.78, 5) is 8.66. The average Bonchev–Trinajstić information content (AvgIpc) is 3.39. The lowest BCUT2D eigenvalue weighted by molar-refractivity contribution is 0.565. The number of aromatic nitrogens is 6. The Morgan fingerprint density at radius 1 is 0.897 bits per heavy atom. The zero-order chi connectivity index (χ0) is 19.8.